The average molecular weight is 327 g/mol. The zero-order chi connectivity index (χ0) is 16.1. The Morgan fingerprint density at radius 1 is 1.13 bits per heavy atom. The largest absolute Gasteiger partial charge is 0.386 e. The second kappa shape index (κ2) is 7.55. The van der Waals surface area contributed by atoms with E-state index in [4.69, 9.17) is 0 Å². The van der Waals surface area contributed by atoms with Crippen LogP contribution in [0.25, 0.3) is 0 Å². The topological polar surface area (TPSA) is 41.3 Å². The van der Waals surface area contributed by atoms with E-state index in [0.29, 0.717) is 6.54 Å². The minimum absolute atomic E-state index is 0.463. The quantitative estimate of drug-likeness (QED) is 0.724. The molecule has 0 bridgehead atoms. The van der Waals surface area contributed by atoms with Crippen molar-refractivity contribution in [2.24, 2.45) is 7.05 Å². The lowest BCUT2D eigenvalue weighted by atomic mass is 10.2. The Bertz CT molecular complexity index is 709. The van der Waals surface area contributed by atoms with E-state index in [1.807, 2.05) is 59.8 Å². The van der Waals surface area contributed by atoms with Crippen molar-refractivity contribution in [1.29, 1.82) is 0 Å². The Morgan fingerprint density at radius 3 is 2.57 bits per heavy atom. The zero-order valence-corrected chi connectivity index (χ0v) is 14.0. The Kier molecular flexibility index (Phi) is 5.23. The van der Waals surface area contributed by atoms with E-state index in [2.05, 4.69) is 22.1 Å². The van der Waals surface area contributed by atoms with Crippen LogP contribution in [0.1, 0.15) is 22.1 Å². The first-order valence-corrected chi connectivity index (χ1v) is 8.54. The molecule has 4 nitrogen and oxygen atoms in total. The standard InChI is InChI=1S/C18H21N3OS/c1-20-11-16(10-19-20)13-21(12-15-6-3-2-4-7-15)14-17(22)18-8-5-9-23-18/h2-11,17,22H,12-14H2,1H3/t17-/m0/s1. The molecule has 0 unspecified atom stereocenters. The summed E-state index contributed by atoms with van der Waals surface area (Å²) in [6.45, 7) is 2.17. The Hall–Kier alpha value is -1.95. The average Bonchev–Trinajstić information content (AvgIpc) is 3.20. The van der Waals surface area contributed by atoms with Gasteiger partial charge < -0.3 is 5.11 Å². The van der Waals surface area contributed by atoms with Crippen LogP contribution in [0, 0.1) is 0 Å². The van der Waals surface area contributed by atoms with Crippen molar-refractivity contribution in [3.8, 4) is 0 Å². The number of thiophene rings is 1. The summed E-state index contributed by atoms with van der Waals surface area (Å²) in [5.41, 5.74) is 2.40. The van der Waals surface area contributed by atoms with Gasteiger partial charge in [-0.05, 0) is 17.0 Å². The second-order valence-electron chi connectivity index (χ2n) is 5.71. The number of nitrogens with zero attached hydrogens (tertiary/aromatic N) is 3. The van der Waals surface area contributed by atoms with Gasteiger partial charge in [0, 0.05) is 43.3 Å². The third kappa shape index (κ3) is 4.51. The summed E-state index contributed by atoms with van der Waals surface area (Å²) >= 11 is 1.60. The molecular formula is C18H21N3OS. The van der Waals surface area contributed by atoms with Crippen molar-refractivity contribution >= 4 is 11.3 Å². The molecule has 23 heavy (non-hydrogen) atoms. The molecule has 0 amide bonds. The molecule has 0 aliphatic heterocycles. The van der Waals surface area contributed by atoms with Crippen molar-refractivity contribution < 1.29 is 5.11 Å². The van der Waals surface area contributed by atoms with Crippen molar-refractivity contribution in [3.63, 3.8) is 0 Å². The van der Waals surface area contributed by atoms with Gasteiger partial charge in [-0.25, -0.2) is 0 Å². The molecule has 0 aliphatic carbocycles. The molecule has 0 aliphatic rings. The fraction of sp³-hybridized carbons (Fsp3) is 0.278. The maximum Gasteiger partial charge on any atom is 0.101 e. The van der Waals surface area contributed by atoms with Gasteiger partial charge in [0.25, 0.3) is 0 Å². The van der Waals surface area contributed by atoms with Crippen molar-refractivity contribution in [2.75, 3.05) is 6.54 Å². The Balaban J connectivity index is 1.72. The third-order valence-electron chi connectivity index (χ3n) is 3.72. The van der Waals surface area contributed by atoms with Gasteiger partial charge in [-0.1, -0.05) is 36.4 Å². The predicted molar refractivity (Wildman–Crippen MR) is 93.0 cm³/mol. The van der Waals surface area contributed by atoms with Crippen LogP contribution in [0.4, 0.5) is 0 Å². The van der Waals surface area contributed by atoms with Crippen LogP contribution < -0.4 is 0 Å². The third-order valence-corrected chi connectivity index (χ3v) is 4.69. The van der Waals surface area contributed by atoms with Crippen LogP contribution >= 0.6 is 11.3 Å². The van der Waals surface area contributed by atoms with Crippen molar-refractivity contribution in [3.05, 3.63) is 76.2 Å². The molecule has 3 rings (SSSR count). The number of aliphatic hydroxyl groups is 1. The van der Waals surface area contributed by atoms with E-state index in [-0.39, 0.29) is 0 Å². The molecular weight excluding hydrogens is 306 g/mol. The molecule has 5 heteroatoms. The van der Waals surface area contributed by atoms with E-state index in [9.17, 15) is 5.11 Å². The molecule has 3 aromatic rings. The molecule has 1 aromatic carbocycles. The Morgan fingerprint density at radius 2 is 1.91 bits per heavy atom. The number of hydrogen-bond acceptors (Lipinski definition) is 4. The number of rotatable bonds is 7. The first-order valence-electron chi connectivity index (χ1n) is 7.66. The minimum Gasteiger partial charge on any atom is -0.386 e. The smallest absolute Gasteiger partial charge is 0.101 e. The van der Waals surface area contributed by atoms with Crippen molar-refractivity contribution in [2.45, 2.75) is 19.2 Å². The van der Waals surface area contributed by atoms with Gasteiger partial charge in [-0.2, -0.15) is 5.10 Å². The lowest BCUT2D eigenvalue weighted by Gasteiger charge is -2.24. The molecule has 1 atom stereocenters. The molecule has 0 radical (unpaired) electrons. The summed E-state index contributed by atoms with van der Waals surface area (Å²) in [5.74, 6) is 0. The highest BCUT2D eigenvalue weighted by Crippen LogP contribution is 2.21. The molecule has 0 spiro atoms. The maximum atomic E-state index is 10.5. The van der Waals surface area contributed by atoms with Crippen LogP contribution in [0.3, 0.4) is 0 Å². The number of hydrogen-bond donors (Lipinski definition) is 1. The van der Waals surface area contributed by atoms with Crippen LogP contribution in [-0.2, 0) is 20.1 Å². The second-order valence-corrected chi connectivity index (χ2v) is 6.69. The molecule has 120 valence electrons. The highest BCUT2D eigenvalue weighted by Gasteiger charge is 2.16. The fourth-order valence-corrected chi connectivity index (χ4v) is 3.36. The van der Waals surface area contributed by atoms with Crippen LogP contribution in [0.5, 0.6) is 0 Å². The van der Waals surface area contributed by atoms with Crippen LogP contribution in [-0.4, -0.2) is 26.3 Å². The van der Waals surface area contributed by atoms with Gasteiger partial charge in [0.2, 0.25) is 0 Å². The summed E-state index contributed by atoms with van der Waals surface area (Å²) in [7, 11) is 1.92. The van der Waals surface area contributed by atoms with Gasteiger partial charge in [-0.15, -0.1) is 11.3 Å². The normalized spacial score (nSPS) is 12.7. The molecule has 0 fully saturated rings. The molecule has 0 saturated carbocycles. The summed E-state index contributed by atoms with van der Waals surface area (Å²) in [5, 5.41) is 16.7. The van der Waals surface area contributed by atoms with Gasteiger partial charge >= 0.3 is 0 Å². The zero-order valence-electron chi connectivity index (χ0n) is 13.2. The monoisotopic (exact) mass is 327 g/mol. The van der Waals surface area contributed by atoms with E-state index in [1.165, 1.54) is 5.56 Å². The molecule has 2 aromatic heterocycles. The molecule has 2 heterocycles. The number of aliphatic hydroxyl groups excluding tert-OH is 1. The number of aryl methyl sites for hydroxylation is 1. The lowest BCUT2D eigenvalue weighted by Crippen LogP contribution is -2.27. The van der Waals surface area contributed by atoms with E-state index in [1.54, 1.807) is 11.3 Å². The van der Waals surface area contributed by atoms with Crippen molar-refractivity contribution in [1.82, 2.24) is 14.7 Å². The first-order chi connectivity index (χ1) is 11.2. The number of benzene rings is 1. The number of aromatic nitrogens is 2. The summed E-state index contributed by atoms with van der Waals surface area (Å²) in [6.07, 6.45) is 3.45. The Labute approximate surface area is 140 Å². The van der Waals surface area contributed by atoms with Gasteiger partial charge in [0.15, 0.2) is 0 Å². The lowest BCUT2D eigenvalue weighted by molar-refractivity contribution is 0.107. The summed E-state index contributed by atoms with van der Waals surface area (Å²) < 4.78 is 1.81. The van der Waals surface area contributed by atoms with Gasteiger partial charge in [0.1, 0.15) is 6.10 Å². The predicted octanol–water partition coefficient (Wildman–Crippen LogP) is 3.22. The summed E-state index contributed by atoms with van der Waals surface area (Å²) in [6, 6.07) is 14.3. The highest BCUT2D eigenvalue weighted by atomic mass is 32.1. The van der Waals surface area contributed by atoms with Gasteiger partial charge in [-0.3, -0.25) is 9.58 Å². The first kappa shape index (κ1) is 15.9. The van der Waals surface area contributed by atoms with E-state index < -0.39 is 6.10 Å². The molecule has 0 saturated heterocycles. The SMILES string of the molecule is Cn1cc(CN(Cc2ccccc2)C[C@H](O)c2cccs2)cn1. The minimum atomic E-state index is -0.463. The van der Waals surface area contributed by atoms with E-state index in [0.717, 1.165) is 23.5 Å². The van der Waals surface area contributed by atoms with Crippen LogP contribution in [0.15, 0.2) is 60.2 Å². The van der Waals surface area contributed by atoms with E-state index >= 15 is 0 Å². The highest BCUT2D eigenvalue weighted by molar-refractivity contribution is 7.10. The fourth-order valence-electron chi connectivity index (χ4n) is 2.65. The summed E-state index contributed by atoms with van der Waals surface area (Å²) in [4.78, 5) is 3.27. The maximum absolute atomic E-state index is 10.5. The molecule has 1 N–H and O–H groups in total. The van der Waals surface area contributed by atoms with Crippen LogP contribution in [0.2, 0.25) is 0 Å². The van der Waals surface area contributed by atoms with Gasteiger partial charge in [0.05, 0.1) is 6.20 Å².